The van der Waals surface area contributed by atoms with Crippen LogP contribution in [0.1, 0.15) is 206 Å². The number of hydroxylamine groups is 2. The summed E-state index contributed by atoms with van der Waals surface area (Å²) in [6.07, 6.45) is 42.8. The van der Waals surface area contributed by atoms with Crippen molar-refractivity contribution in [3.05, 3.63) is 0 Å². The number of unbranched alkanes of at least 4 members (excludes halogenated alkanes) is 28. The van der Waals surface area contributed by atoms with Gasteiger partial charge in [-0.1, -0.05) is 194 Å². The van der Waals surface area contributed by atoms with Crippen LogP contribution in [0.25, 0.3) is 0 Å². The zero-order chi connectivity index (χ0) is 26.9. The molecule has 2 heteroatoms. The number of nitrogens with zero attached hydrogens (tertiary/aromatic N) is 1. The molecule has 0 bridgehead atoms. The molecule has 0 atom stereocenters. The maximum atomic E-state index is 5.91. The Labute approximate surface area is 236 Å². The van der Waals surface area contributed by atoms with Crippen LogP contribution >= 0.6 is 0 Å². The summed E-state index contributed by atoms with van der Waals surface area (Å²) in [5.74, 6) is 0. The summed E-state index contributed by atoms with van der Waals surface area (Å²) in [5, 5.41) is 2.09. The van der Waals surface area contributed by atoms with Crippen LogP contribution in [0, 0.1) is 0 Å². The second kappa shape index (κ2) is 33.9. The molecule has 0 aromatic rings. The highest BCUT2D eigenvalue weighted by molar-refractivity contribution is 4.52. The van der Waals surface area contributed by atoms with Crippen molar-refractivity contribution in [1.29, 1.82) is 0 Å². The smallest absolute Gasteiger partial charge is 0.0684 e. The van der Waals surface area contributed by atoms with Gasteiger partial charge in [-0.2, -0.15) is 5.06 Å². The molecule has 0 aliphatic carbocycles. The largest absolute Gasteiger partial charge is 0.299 e. The van der Waals surface area contributed by atoms with E-state index in [4.69, 9.17) is 4.84 Å². The summed E-state index contributed by atoms with van der Waals surface area (Å²) in [6.45, 7) is 6.61. The SMILES string of the molecule is CCCCCCCCCCCCCCCCCCN(C)OCCCCCCCCCCCCCCCC. The van der Waals surface area contributed by atoms with Gasteiger partial charge in [0.2, 0.25) is 0 Å². The molecule has 0 amide bonds. The van der Waals surface area contributed by atoms with E-state index in [1.54, 1.807) is 0 Å². The van der Waals surface area contributed by atoms with Gasteiger partial charge in [0.1, 0.15) is 0 Å². The molecule has 0 aromatic carbocycles. The van der Waals surface area contributed by atoms with Gasteiger partial charge in [0.25, 0.3) is 0 Å². The monoisotopic (exact) mass is 524 g/mol. The first-order valence-corrected chi connectivity index (χ1v) is 17.6. The Balaban J connectivity index is 3.13. The number of rotatable bonds is 33. The second-order valence-corrected chi connectivity index (χ2v) is 12.1. The van der Waals surface area contributed by atoms with E-state index < -0.39 is 0 Å². The molecule has 2 nitrogen and oxygen atoms in total. The minimum atomic E-state index is 0.910. The Kier molecular flexibility index (Phi) is 33.9. The fourth-order valence-corrected chi connectivity index (χ4v) is 5.46. The molecular weight excluding hydrogens is 450 g/mol. The normalized spacial score (nSPS) is 11.7. The van der Waals surface area contributed by atoms with Crippen LogP contribution < -0.4 is 0 Å². The van der Waals surface area contributed by atoms with Gasteiger partial charge >= 0.3 is 0 Å². The average molecular weight is 524 g/mol. The van der Waals surface area contributed by atoms with Gasteiger partial charge in [0.05, 0.1) is 6.61 Å². The lowest BCUT2D eigenvalue weighted by Crippen LogP contribution is -2.20. The third-order valence-corrected chi connectivity index (χ3v) is 8.14. The van der Waals surface area contributed by atoms with Gasteiger partial charge in [-0.15, -0.1) is 0 Å². The Morgan fingerprint density at radius 2 is 0.568 bits per heavy atom. The molecule has 0 fully saturated rings. The van der Waals surface area contributed by atoms with E-state index in [9.17, 15) is 0 Å². The second-order valence-electron chi connectivity index (χ2n) is 12.1. The van der Waals surface area contributed by atoms with Crippen LogP contribution in [-0.2, 0) is 4.84 Å². The zero-order valence-electron chi connectivity index (χ0n) is 26.5. The lowest BCUT2D eigenvalue weighted by molar-refractivity contribution is -0.141. The number of hydrogen-bond donors (Lipinski definition) is 0. The first kappa shape index (κ1) is 36.9. The van der Waals surface area contributed by atoms with Gasteiger partial charge in [-0.25, -0.2) is 0 Å². The van der Waals surface area contributed by atoms with Gasteiger partial charge in [-0.3, -0.25) is 4.84 Å². The predicted octanol–water partition coefficient (Wildman–Crippen LogP) is 12.6. The first-order valence-electron chi connectivity index (χ1n) is 17.6. The van der Waals surface area contributed by atoms with Gasteiger partial charge in [0, 0.05) is 13.6 Å². The van der Waals surface area contributed by atoms with E-state index in [1.165, 1.54) is 193 Å². The fraction of sp³-hybridized carbons (Fsp3) is 1.00. The molecule has 0 N–H and O–H groups in total. The van der Waals surface area contributed by atoms with Crippen LogP contribution in [0.15, 0.2) is 0 Å². The van der Waals surface area contributed by atoms with Gasteiger partial charge in [-0.05, 0) is 12.8 Å². The van der Waals surface area contributed by atoms with Crippen LogP contribution in [0.4, 0.5) is 0 Å². The van der Waals surface area contributed by atoms with Crippen molar-refractivity contribution in [2.24, 2.45) is 0 Å². The molecule has 0 saturated carbocycles. The van der Waals surface area contributed by atoms with Crippen molar-refractivity contribution in [2.45, 2.75) is 206 Å². The van der Waals surface area contributed by atoms with Crippen molar-refractivity contribution in [2.75, 3.05) is 20.2 Å². The lowest BCUT2D eigenvalue weighted by Gasteiger charge is -2.16. The third-order valence-electron chi connectivity index (χ3n) is 8.14. The van der Waals surface area contributed by atoms with Gasteiger partial charge in [0.15, 0.2) is 0 Å². The maximum Gasteiger partial charge on any atom is 0.0684 e. The molecule has 0 radical (unpaired) electrons. The topological polar surface area (TPSA) is 12.5 Å². The first-order chi connectivity index (χ1) is 18.3. The molecule has 0 aliphatic heterocycles. The molecule has 0 unspecified atom stereocenters. The quantitative estimate of drug-likeness (QED) is 0.0626. The summed E-state index contributed by atoms with van der Waals surface area (Å²) < 4.78 is 0. The molecule has 0 aliphatic rings. The predicted molar refractivity (Wildman–Crippen MR) is 168 cm³/mol. The van der Waals surface area contributed by atoms with E-state index in [0.717, 1.165) is 13.2 Å². The molecule has 224 valence electrons. The standard InChI is InChI=1S/C35H73NO/c1-4-6-8-10-12-14-16-18-20-21-22-24-26-28-30-32-34-36(3)37-35-33-31-29-27-25-23-19-17-15-13-11-9-7-5-2/h4-35H2,1-3H3. The van der Waals surface area contributed by atoms with Crippen molar-refractivity contribution >= 4 is 0 Å². The molecule has 37 heavy (non-hydrogen) atoms. The zero-order valence-corrected chi connectivity index (χ0v) is 26.5. The Morgan fingerprint density at radius 3 is 0.865 bits per heavy atom. The maximum absolute atomic E-state index is 5.91. The van der Waals surface area contributed by atoms with E-state index in [0.29, 0.717) is 0 Å². The van der Waals surface area contributed by atoms with Crippen molar-refractivity contribution in [3.63, 3.8) is 0 Å². The minimum absolute atomic E-state index is 0.910. The summed E-state index contributed by atoms with van der Waals surface area (Å²) in [6, 6.07) is 0. The molecule has 0 spiro atoms. The van der Waals surface area contributed by atoms with Crippen molar-refractivity contribution < 1.29 is 4.84 Å². The summed E-state index contributed by atoms with van der Waals surface area (Å²) in [7, 11) is 2.12. The molecule has 0 aromatic heterocycles. The summed E-state index contributed by atoms with van der Waals surface area (Å²) in [4.78, 5) is 5.91. The molecule has 0 rings (SSSR count). The molecular formula is C35H73NO. The van der Waals surface area contributed by atoms with E-state index in [-0.39, 0.29) is 0 Å². The summed E-state index contributed by atoms with van der Waals surface area (Å²) in [5.41, 5.74) is 0. The third kappa shape index (κ3) is 33.9. The molecule has 0 saturated heterocycles. The van der Waals surface area contributed by atoms with Crippen molar-refractivity contribution in [3.8, 4) is 0 Å². The van der Waals surface area contributed by atoms with Crippen LogP contribution in [0.5, 0.6) is 0 Å². The highest BCUT2D eigenvalue weighted by Crippen LogP contribution is 2.15. The Hall–Kier alpha value is -0.0800. The Bertz CT molecular complexity index is 385. The number of hydrogen-bond acceptors (Lipinski definition) is 2. The van der Waals surface area contributed by atoms with Crippen LogP contribution in [-0.4, -0.2) is 25.3 Å². The highest BCUT2D eigenvalue weighted by Gasteiger charge is 2.00. The lowest BCUT2D eigenvalue weighted by atomic mass is 10.0. The van der Waals surface area contributed by atoms with Crippen LogP contribution in [0.3, 0.4) is 0 Å². The van der Waals surface area contributed by atoms with Crippen molar-refractivity contribution in [1.82, 2.24) is 5.06 Å². The van der Waals surface area contributed by atoms with E-state index in [2.05, 4.69) is 26.0 Å². The summed E-state index contributed by atoms with van der Waals surface area (Å²) >= 11 is 0. The minimum Gasteiger partial charge on any atom is -0.299 e. The Morgan fingerprint density at radius 1 is 0.324 bits per heavy atom. The highest BCUT2D eigenvalue weighted by atomic mass is 16.7. The van der Waals surface area contributed by atoms with Gasteiger partial charge < -0.3 is 0 Å². The molecule has 0 heterocycles. The van der Waals surface area contributed by atoms with E-state index in [1.807, 2.05) is 0 Å². The average Bonchev–Trinajstić information content (AvgIpc) is 2.90. The van der Waals surface area contributed by atoms with E-state index >= 15 is 0 Å². The van der Waals surface area contributed by atoms with Crippen LogP contribution in [0.2, 0.25) is 0 Å². The fourth-order valence-electron chi connectivity index (χ4n) is 5.46.